The Morgan fingerprint density at radius 3 is 1.12 bits per heavy atom. The third-order valence-electron chi connectivity index (χ3n) is 10.6. The molecule has 0 saturated heterocycles. The first-order valence-electron chi connectivity index (χ1n) is 24.8. The minimum absolute atomic E-state index is 0.0898. The monoisotopic (exact) mass is 825 g/mol. The number of hydrogen-bond donors (Lipinski definition) is 0. The molecule has 1 unspecified atom stereocenters. The van der Waals surface area contributed by atoms with Crippen molar-refractivity contribution in [2.24, 2.45) is 0 Å². The summed E-state index contributed by atoms with van der Waals surface area (Å²) in [6.07, 6.45) is 57.7. The Labute approximate surface area is 364 Å². The summed E-state index contributed by atoms with van der Waals surface area (Å²) in [5.41, 5.74) is 0. The number of hydrogen-bond acceptors (Lipinski definition) is 6. The normalized spacial score (nSPS) is 12.5. The lowest BCUT2D eigenvalue weighted by atomic mass is 10.0. The van der Waals surface area contributed by atoms with Crippen LogP contribution in [0.3, 0.4) is 0 Å². The molecule has 6 nitrogen and oxygen atoms in total. The maximum atomic E-state index is 12.7. The van der Waals surface area contributed by atoms with Crippen LogP contribution in [0.5, 0.6) is 0 Å². The molecule has 0 radical (unpaired) electrons. The molecule has 0 spiro atoms. The fourth-order valence-electron chi connectivity index (χ4n) is 6.86. The molecule has 1 atom stereocenters. The highest BCUT2D eigenvalue weighted by Gasteiger charge is 2.19. The highest BCUT2D eigenvalue weighted by Crippen LogP contribution is 2.15. The number of carbonyl (C=O) groups is 3. The van der Waals surface area contributed by atoms with Crippen molar-refractivity contribution in [3.63, 3.8) is 0 Å². The fourth-order valence-corrected chi connectivity index (χ4v) is 6.86. The summed E-state index contributed by atoms with van der Waals surface area (Å²) in [5, 5.41) is 0. The van der Waals surface area contributed by atoms with Crippen molar-refractivity contribution in [1.82, 2.24) is 0 Å². The molecule has 340 valence electrons. The zero-order valence-electron chi connectivity index (χ0n) is 38.8. The Bertz CT molecular complexity index is 1090. The highest BCUT2D eigenvalue weighted by atomic mass is 16.6. The summed E-state index contributed by atoms with van der Waals surface area (Å²) in [6.45, 7) is 6.45. The fraction of sp³-hybridized carbons (Fsp3) is 0.755. The summed E-state index contributed by atoms with van der Waals surface area (Å²) in [4.78, 5) is 37.9. The molecular weight excluding hydrogens is 733 g/mol. The van der Waals surface area contributed by atoms with Gasteiger partial charge in [-0.3, -0.25) is 14.4 Å². The number of allylic oxidation sites excluding steroid dienone is 10. The van der Waals surface area contributed by atoms with E-state index >= 15 is 0 Å². The van der Waals surface area contributed by atoms with E-state index in [2.05, 4.69) is 45.1 Å². The first-order chi connectivity index (χ1) is 29.0. The molecule has 0 amide bonds. The average Bonchev–Trinajstić information content (AvgIpc) is 3.23. The minimum atomic E-state index is -0.792. The Morgan fingerprint density at radius 1 is 0.356 bits per heavy atom. The Hall–Kier alpha value is -2.89. The lowest BCUT2D eigenvalue weighted by Gasteiger charge is -2.18. The van der Waals surface area contributed by atoms with E-state index in [1.54, 1.807) is 0 Å². The molecule has 59 heavy (non-hydrogen) atoms. The first kappa shape index (κ1) is 56.1. The van der Waals surface area contributed by atoms with Crippen LogP contribution in [0.2, 0.25) is 0 Å². The second-order valence-electron chi connectivity index (χ2n) is 16.4. The van der Waals surface area contributed by atoms with Gasteiger partial charge in [0, 0.05) is 19.3 Å². The van der Waals surface area contributed by atoms with Gasteiger partial charge in [0.1, 0.15) is 13.2 Å². The van der Waals surface area contributed by atoms with E-state index in [0.717, 1.165) is 70.6 Å². The highest BCUT2D eigenvalue weighted by molar-refractivity contribution is 5.71. The van der Waals surface area contributed by atoms with Gasteiger partial charge in [-0.25, -0.2) is 0 Å². The molecule has 0 N–H and O–H groups in total. The summed E-state index contributed by atoms with van der Waals surface area (Å²) in [5.74, 6) is -0.931. The van der Waals surface area contributed by atoms with E-state index in [-0.39, 0.29) is 37.5 Å². The second kappa shape index (κ2) is 47.8. The molecule has 0 aromatic carbocycles. The van der Waals surface area contributed by atoms with Crippen molar-refractivity contribution in [2.75, 3.05) is 13.2 Å². The van der Waals surface area contributed by atoms with Gasteiger partial charge in [0.15, 0.2) is 6.10 Å². The molecule has 0 aliphatic heterocycles. The van der Waals surface area contributed by atoms with Crippen LogP contribution in [-0.2, 0) is 28.6 Å². The molecule has 0 aliphatic rings. The van der Waals surface area contributed by atoms with Crippen LogP contribution in [0.25, 0.3) is 0 Å². The molecule has 6 heteroatoms. The van der Waals surface area contributed by atoms with E-state index in [4.69, 9.17) is 14.2 Å². The summed E-state index contributed by atoms with van der Waals surface area (Å²) in [7, 11) is 0. The summed E-state index contributed by atoms with van der Waals surface area (Å²) >= 11 is 0. The third-order valence-corrected chi connectivity index (χ3v) is 10.6. The van der Waals surface area contributed by atoms with Gasteiger partial charge in [-0.15, -0.1) is 0 Å². The molecule has 0 saturated carbocycles. The van der Waals surface area contributed by atoms with E-state index in [1.165, 1.54) is 128 Å². The molecule has 0 rings (SSSR count). The smallest absolute Gasteiger partial charge is 0.306 e. The van der Waals surface area contributed by atoms with Crippen molar-refractivity contribution in [2.45, 2.75) is 245 Å². The molecule has 0 fully saturated rings. The van der Waals surface area contributed by atoms with Gasteiger partial charge >= 0.3 is 17.9 Å². The Morgan fingerprint density at radius 2 is 0.678 bits per heavy atom. The average molecular weight is 825 g/mol. The second-order valence-corrected chi connectivity index (χ2v) is 16.4. The molecule has 0 aromatic rings. The van der Waals surface area contributed by atoms with Crippen LogP contribution in [0, 0.1) is 0 Å². The van der Waals surface area contributed by atoms with E-state index in [1.807, 2.05) is 36.5 Å². The SMILES string of the molecule is CC/C=C/C=C/C=C/C=C/CCCCCC(=O)OC(COC(=O)CCCCCCCCC/C=C/CCCCCC)COC(=O)CCCCCCCCCCCCCCC. The molecule has 0 aliphatic carbocycles. The van der Waals surface area contributed by atoms with Crippen molar-refractivity contribution in [3.05, 3.63) is 60.8 Å². The van der Waals surface area contributed by atoms with Crippen LogP contribution >= 0.6 is 0 Å². The minimum Gasteiger partial charge on any atom is -0.462 e. The van der Waals surface area contributed by atoms with Gasteiger partial charge < -0.3 is 14.2 Å². The zero-order valence-corrected chi connectivity index (χ0v) is 38.8. The standard InChI is InChI=1S/C53H92O6/c1-4-7-10-13-16-19-22-25-26-29-31-34-37-40-43-46-52(55)58-49-50(59-53(56)47-44-41-38-35-32-28-24-21-18-15-12-9-6-3)48-57-51(54)45-42-39-36-33-30-27-23-20-17-14-11-8-5-2/h9,12,15,18-19,21-22,24,28,32,50H,4-8,10-11,13-14,16-17,20,23,25-27,29-31,33-49H2,1-3H3/b12-9+,18-15+,22-19+,24-21+,32-28+. The molecule has 0 aromatic heterocycles. The zero-order chi connectivity index (χ0) is 43.0. The number of esters is 3. The van der Waals surface area contributed by atoms with Gasteiger partial charge in [-0.1, -0.05) is 216 Å². The number of rotatable bonds is 44. The van der Waals surface area contributed by atoms with Gasteiger partial charge in [0.2, 0.25) is 0 Å². The summed E-state index contributed by atoms with van der Waals surface area (Å²) < 4.78 is 16.7. The lowest BCUT2D eigenvalue weighted by molar-refractivity contribution is -0.167. The summed E-state index contributed by atoms with van der Waals surface area (Å²) in [6, 6.07) is 0. The Kier molecular flexibility index (Phi) is 45.4. The maximum absolute atomic E-state index is 12.7. The van der Waals surface area contributed by atoms with E-state index in [0.29, 0.717) is 12.8 Å². The molecular formula is C53H92O6. The van der Waals surface area contributed by atoms with Crippen molar-refractivity contribution >= 4 is 17.9 Å². The van der Waals surface area contributed by atoms with Gasteiger partial charge in [-0.05, 0) is 64.2 Å². The number of ether oxygens (including phenoxy) is 3. The number of carbonyl (C=O) groups excluding carboxylic acids is 3. The van der Waals surface area contributed by atoms with Gasteiger partial charge in [0.05, 0.1) is 0 Å². The van der Waals surface area contributed by atoms with Crippen molar-refractivity contribution in [3.8, 4) is 0 Å². The largest absolute Gasteiger partial charge is 0.462 e. The number of unbranched alkanes of at least 4 members (excludes halogenated alkanes) is 26. The Balaban J connectivity index is 4.43. The van der Waals surface area contributed by atoms with Crippen LogP contribution < -0.4 is 0 Å². The topological polar surface area (TPSA) is 78.9 Å². The first-order valence-corrected chi connectivity index (χ1v) is 24.8. The van der Waals surface area contributed by atoms with Gasteiger partial charge in [-0.2, -0.15) is 0 Å². The molecule has 0 heterocycles. The van der Waals surface area contributed by atoms with Crippen molar-refractivity contribution in [1.29, 1.82) is 0 Å². The quantitative estimate of drug-likeness (QED) is 0.0200. The van der Waals surface area contributed by atoms with Crippen LogP contribution in [0.15, 0.2) is 60.8 Å². The van der Waals surface area contributed by atoms with E-state index in [9.17, 15) is 14.4 Å². The van der Waals surface area contributed by atoms with Crippen LogP contribution in [0.4, 0.5) is 0 Å². The molecule has 0 bridgehead atoms. The van der Waals surface area contributed by atoms with Crippen LogP contribution in [-0.4, -0.2) is 37.2 Å². The van der Waals surface area contributed by atoms with E-state index < -0.39 is 6.10 Å². The van der Waals surface area contributed by atoms with Crippen LogP contribution in [0.1, 0.15) is 239 Å². The van der Waals surface area contributed by atoms with Crippen molar-refractivity contribution < 1.29 is 28.6 Å². The maximum Gasteiger partial charge on any atom is 0.306 e. The predicted octanol–water partition coefficient (Wildman–Crippen LogP) is 16.1. The lowest BCUT2D eigenvalue weighted by Crippen LogP contribution is -2.30. The predicted molar refractivity (Wildman–Crippen MR) is 251 cm³/mol. The third kappa shape index (κ3) is 46.0. The van der Waals surface area contributed by atoms with Gasteiger partial charge in [0.25, 0.3) is 0 Å².